The molecule has 0 bridgehead atoms. The normalized spacial score (nSPS) is 19.7. The highest BCUT2D eigenvalue weighted by molar-refractivity contribution is 6.30. The average molecular weight is 386 g/mol. The van der Waals surface area contributed by atoms with Gasteiger partial charge >= 0.3 is 0 Å². The van der Waals surface area contributed by atoms with Crippen molar-refractivity contribution in [2.75, 3.05) is 13.2 Å². The smallest absolute Gasteiger partial charge is 0.222 e. The Hall–Kier alpha value is -2.19. The zero-order valence-corrected chi connectivity index (χ0v) is 15.9. The van der Waals surface area contributed by atoms with Crippen LogP contribution in [-0.4, -0.2) is 24.5 Å². The molecule has 1 aliphatic heterocycles. The zero-order chi connectivity index (χ0) is 19.1. The second kappa shape index (κ2) is 9.66. The van der Waals surface area contributed by atoms with Crippen LogP contribution in [0.4, 0.5) is 4.39 Å². The molecule has 1 fully saturated rings. The number of pyridine rings is 1. The summed E-state index contributed by atoms with van der Waals surface area (Å²) in [6, 6.07) is 8.24. The maximum atomic E-state index is 13.6. The van der Waals surface area contributed by atoms with Crippen molar-refractivity contribution in [2.45, 2.75) is 26.1 Å². The number of halogens is 2. The van der Waals surface area contributed by atoms with Crippen molar-refractivity contribution < 1.29 is 13.9 Å². The highest BCUT2D eigenvalue weighted by Gasteiger charge is 2.18. The van der Waals surface area contributed by atoms with Crippen LogP contribution in [0.1, 0.15) is 25.3 Å². The standard InChI is InChI=1S/C22H21ClFNO2/c1-2-3-4-5-17-14-26-22(27-15-17)11-7-16-6-10-21(25-13-16)18-8-9-19(23)20(24)12-18/h4-6,8-10,12-13,17,22H,2-3,14-15H2,1H3/b5-4+. The fraction of sp³-hybridized carbons (Fsp3) is 0.318. The predicted octanol–water partition coefficient (Wildman–Crippen LogP) is 5.24. The van der Waals surface area contributed by atoms with Crippen molar-refractivity contribution in [1.82, 2.24) is 4.98 Å². The zero-order valence-electron chi connectivity index (χ0n) is 15.1. The minimum absolute atomic E-state index is 0.0943. The summed E-state index contributed by atoms with van der Waals surface area (Å²) < 4.78 is 24.8. The molecule has 0 radical (unpaired) electrons. The minimum Gasteiger partial charge on any atom is -0.341 e. The van der Waals surface area contributed by atoms with E-state index in [1.165, 1.54) is 12.1 Å². The van der Waals surface area contributed by atoms with E-state index in [1.807, 2.05) is 6.07 Å². The van der Waals surface area contributed by atoms with Crippen LogP contribution in [0.2, 0.25) is 5.02 Å². The average Bonchev–Trinajstić information content (AvgIpc) is 2.70. The number of hydrogen-bond donors (Lipinski definition) is 0. The maximum absolute atomic E-state index is 13.6. The van der Waals surface area contributed by atoms with Gasteiger partial charge in [-0.2, -0.15) is 0 Å². The summed E-state index contributed by atoms with van der Waals surface area (Å²) in [6.07, 6.45) is 7.65. The van der Waals surface area contributed by atoms with Gasteiger partial charge in [0.05, 0.1) is 23.9 Å². The SMILES string of the molecule is CCC/C=C/C1COC(C#Cc2ccc(-c3ccc(Cl)c(F)c3)nc2)OC1. The van der Waals surface area contributed by atoms with Crippen molar-refractivity contribution in [1.29, 1.82) is 0 Å². The van der Waals surface area contributed by atoms with Crippen LogP contribution in [0.5, 0.6) is 0 Å². The van der Waals surface area contributed by atoms with Crippen LogP contribution >= 0.6 is 11.6 Å². The molecule has 27 heavy (non-hydrogen) atoms. The number of nitrogens with zero attached hydrogens (tertiary/aromatic N) is 1. The van der Waals surface area contributed by atoms with E-state index in [-0.39, 0.29) is 10.9 Å². The van der Waals surface area contributed by atoms with Crippen LogP contribution in [0, 0.1) is 23.6 Å². The van der Waals surface area contributed by atoms with Gasteiger partial charge in [0.15, 0.2) is 0 Å². The first-order valence-electron chi connectivity index (χ1n) is 8.98. The van der Waals surface area contributed by atoms with Gasteiger partial charge in [-0.1, -0.05) is 49.1 Å². The van der Waals surface area contributed by atoms with Crippen molar-refractivity contribution >= 4 is 11.6 Å². The molecule has 3 nitrogen and oxygen atoms in total. The fourth-order valence-electron chi connectivity index (χ4n) is 2.60. The third-order valence-electron chi connectivity index (χ3n) is 4.10. The molecule has 1 aliphatic rings. The Kier molecular flexibility index (Phi) is 7.00. The quantitative estimate of drug-likeness (QED) is 0.533. The predicted molar refractivity (Wildman–Crippen MR) is 105 cm³/mol. The van der Waals surface area contributed by atoms with Crippen LogP contribution in [-0.2, 0) is 9.47 Å². The third kappa shape index (κ3) is 5.64. The van der Waals surface area contributed by atoms with E-state index in [0.29, 0.717) is 24.5 Å². The van der Waals surface area contributed by atoms with E-state index in [0.717, 1.165) is 18.4 Å². The number of ether oxygens (including phenoxy) is 2. The molecule has 0 N–H and O–H groups in total. The van der Waals surface area contributed by atoms with Crippen molar-refractivity contribution in [2.24, 2.45) is 5.92 Å². The van der Waals surface area contributed by atoms with Crippen LogP contribution < -0.4 is 0 Å². The van der Waals surface area contributed by atoms with Crippen molar-refractivity contribution in [3.63, 3.8) is 0 Å². The molecule has 0 saturated carbocycles. The molecule has 1 aromatic heterocycles. The number of allylic oxidation sites excluding steroid dienone is 1. The highest BCUT2D eigenvalue weighted by Crippen LogP contribution is 2.22. The molecule has 0 amide bonds. The van der Waals surface area contributed by atoms with Crippen LogP contribution in [0.3, 0.4) is 0 Å². The van der Waals surface area contributed by atoms with Gasteiger partial charge in [0.1, 0.15) is 5.82 Å². The van der Waals surface area contributed by atoms with Gasteiger partial charge < -0.3 is 9.47 Å². The second-order valence-electron chi connectivity index (χ2n) is 6.31. The van der Waals surface area contributed by atoms with Gasteiger partial charge in [-0.3, -0.25) is 4.98 Å². The van der Waals surface area contributed by atoms with Gasteiger partial charge in [0, 0.05) is 23.2 Å². The Morgan fingerprint density at radius 2 is 2.07 bits per heavy atom. The number of aromatic nitrogens is 1. The topological polar surface area (TPSA) is 31.4 Å². The maximum Gasteiger partial charge on any atom is 0.222 e. The van der Waals surface area contributed by atoms with Crippen molar-refractivity contribution in [3.8, 4) is 23.1 Å². The number of unbranched alkanes of at least 4 members (excludes halogenated alkanes) is 1. The Morgan fingerprint density at radius 1 is 1.26 bits per heavy atom. The molecule has 0 aliphatic carbocycles. The molecule has 5 heteroatoms. The molecule has 140 valence electrons. The first-order valence-corrected chi connectivity index (χ1v) is 9.36. The Morgan fingerprint density at radius 3 is 2.74 bits per heavy atom. The molecular weight excluding hydrogens is 365 g/mol. The Bertz CT molecular complexity index is 847. The van der Waals surface area contributed by atoms with E-state index in [2.05, 4.69) is 35.9 Å². The lowest BCUT2D eigenvalue weighted by Gasteiger charge is -2.24. The summed E-state index contributed by atoms with van der Waals surface area (Å²) in [5, 5.41) is 0.0943. The summed E-state index contributed by atoms with van der Waals surface area (Å²) >= 11 is 5.71. The van der Waals surface area contributed by atoms with Gasteiger partial charge in [-0.15, -0.1) is 0 Å². The minimum atomic E-state index is -0.522. The molecule has 0 spiro atoms. The number of hydrogen-bond acceptors (Lipinski definition) is 3. The van der Waals surface area contributed by atoms with E-state index in [9.17, 15) is 4.39 Å². The lowest BCUT2D eigenvalue weighted by Crippen LogP contribution is -2.30. The van der Waals surface area contributed by atoms with E-state index >= 15 is 0 Å². The molecule has 3 rings (SSSR count). The van der Waals surface area contributed by atoms with Gasteiger partial charge in [0.2, 0.25) is 6.29 Å². The fourth-order valence-corrected chi connectivity index (χ4v) is 2.72. The number of benzene rings is 1. The van der Waals surface area contributed by atoms with Gasteiger partial charge in [0.25, 0.3) is 0 Å². The largest absolute Gasteiger partial charge is 0.341 e. The van der Waals surface area contributed by atoms with Gasteiger partial charge in [-0.05, 0) is 36.6 Å². The van der Waals surface area contributed by atoms with E-state index in [4.69, 9.17) is 21.1 Å². The van der Waals surface area contributed by atoms with E-state index < -0.39 is 12.1 Å². The first kappa shape index (κ1) is 19.6. The molecule has 1 aromatic carbocycles. The first-order chi connectivity index (χ1) is 13.2. The van der Waals surface area contributed by atoms with E-state index in [1.54, 1.807) is 18.3 Å². The Labute approximate surface area is 164 Å². The molecule has 2 heterocycles. The lowest BCUT2D eigenvalue weighted by atomic mass is 10.1. The highest BCUT2D eigenvalue weighted by atomic mass is 35.5. The van der Waals surface area contributed by atoms with Crippen LogP contribution in [0.15, 0.2) is 48.7 Å². The number of rotatable bonds is 4. The summed E-state index contributed by atoms with van der Waals surface area (Å²) in [7, 11) is 0. The van der Waals surface area contributed by atoms with Crippen molar-refractivity contribution in [3.05, 3.63) is 65.1 Å². The molecular formula is C22H21ClFNO2. The molecule has 2 aromatic rings. The monoisotopic (exact) mass is 385 g/mol. The lowest BCUT2D eigenvalue weighted by molar-refractivity contribution is -0.160. The summed E-state index contributed by atoms with van der Waals surface area (Å²) in [6.45, 7) is 3.37. The molecule has 0 unspecified atom stereocenters. The summed E-state index contributed by atoms with van der Waals surface area (Å²) in [5.74, 6) is 5.79. The third-order valence-corrected chi connectivity index (χ3v) is 4.41. The molecule has 0 atom stereocenters. The second-order valence-corrected chi connectivity index (χ2v) is 6.71. The Balaban J connectivity index is 1.57. The van der Waals surface area contributed by atoms with Crippen LogP contribution in [0.25, 0.3) is 11.3 Å². The molecule has 1 saturated heterocycles. The summed E-state index contributed by atoms with van der Waals surface area (Å²) in [5.41, 5.74) is 2.06. The van der Waals surface area contributed by atoms with Gasteiger partial charge in [-0.25, -0.2) is 4.39 Å². The summed E-state index contributed by atoms with van der Waals surface area (Å²) in [4.78, 5) is 4.33.